The van der Waals surface area contributed by atoms with Gasteiger partial charge in [0.05, 0.1) is 11.9 Å². The third kappa shape index (κ3) is 6.76. The fourth-order valence-corrected chi connectivity index (χ4v) is 3.07. The Bertz CT molecular complexity index is 271. The van der Waals surface area contributed by atoms with Crippen LogP contribution < -0.4 is 0 Å². The van der Waals surface area contributed by atoms with E-state index in [-0.39, 0.29) is 0 Å². The molecule has 0 bridgehead atoms. The van der Waals surface area contributed by atoms with Crippen molar-refractivity contribution < 1.29 is 0 Å². The maximum absolute atomic E-state index is 4.80. The summed E-state index contributed by atoms with van der Waals surface area (Å²) >= 11 is 0. The maximum Gasteiger partial charge on any atom is 0.0996 e. The molecule has 0 fully saturated rings. The minimum absolute atomic E-state index is 0.506. The van der Waals surface area contributed by atoms with Crippen LogP contribution in [0.4, 0.5) is 0 Å². The van der Waals surface area contributed by atoms with Gasteiger partial charge in [-0.15, -0.1) is 0 Å². The molecule has 0 aromatic rings. The molecule has 1 rings (SSSR count). The standard InChI is InChI=1S/C18H36N2/c1-5-6-7-8-9-10-11-12-13-14-18-19-17(4)15-20(18)16(2)3/h16-17H,5-15H2,1-4H3. The van der Waals surface area contributed by atoms with Crippen LogP contribution in [0.2, 0.25) is 0 Å². The second kappa shape index (κ2) is 10.2. The Morgan fingerprint density at radius 1 is 1.00 bits per heavy atom. The summed E-state index contributed by atoms with van der Waals surface area (Å²) in [5.41, 5.74) is 0. The van der Waals surface area contributed by atoms with Gasteiger partial charge in [0.1, 0.15) is 0 Å². The quantitative estimate of drug-likeness (QED) is 0.461. The van der Waals surface area contributed by atoms with E-state index in [1.807, 2.05) is 0 Å². The molecule has 0 aliphatic carbocycles. The Morgan fingerprint density at radius 3 is 2.10 bits per heavy atom. The van der Waals surface area contributed by atoms with Gasteiger partial charge in [-0.3, -0.25) is 4.99 Å². The van der Waals surface area contributed by atoms with Gasteiger partial charge in [-0.25, -0.2) is 0 Å². The van der Waals surface area contributed by atoms with Gasteiger partial charge in [-0.05, 0) is 27.2 Å². The van der Waals surface area contributed by atoms with E-state index < -0.39 is 0 Å². The van der Waals surface area contributed by atoms with Crippen LogP contribution in [0.1, 0.15) is 91.9 Å². The molecular formula is C18H36N2. The fraction of sp³-hybridized carbons (Fsp3) is 0.944. The molecule has 1 aliphatic heterocycles. The fourth-order valence-electron chi connectivity index (χ4n) is 3.07. The minimum atomic E-state index is 0.506. The summed E-state index contributed by atoms with van der Waals surface area (Å²) in [5, 5.41) is 0. The van der Waals surface area contributed by atoms with Crippen LogP contribution in [0.5, 0.6) is 0 Å². The highest BCUT2D eigenvalue weighted by Crippen LogP contribution is 2.17. The zero-order valence-corrected chi connectivity index (χ0v) is 14.3. The van der Waals surface area contributed by atoms with E-state index in [2.05, 4.69) is 32.6 Å². The topological polar surface area (TPSA) is 15.6 Å². The first-order valence-corrected chi connectivity index (χ1v) is 8.98. The lowest BCUT2D eigenvalue weighted by molar-refractivity contribution is 0.355. The molecule has 1 heterocycles. The monoisotopic (exact) mass is 280 g/mol. The summed E-state index contributed by atoms with van der Waals surface area (Å²) in [7, 11) is 0. The van der Waals surface area contributed by atoms with Crippen molar-refractivity contribution in [3.05, 3.63) is 0 Å². The molecule has 0 spiro atoms. The van der Waals surface area contributed by atoms with Gasteiger partial charge >= 0.3 is 0 Å². The molecule has 0 N–H and O–H groups in total. The van der Waals surface area contributed by atoms with Crippen molar-refractivity contribution in [2.24, 2.45) is 4.99 Å². The molecule has 1 unspecified atom stereocenters. The van der Waals surface area contributed by atoms with E-state index in [1.54, 1.807) is 0 Å². The SMILES string of the molecule is CCCCCCCCCCCC1=NC(C)CN1C(C)C. The Hall–Kier alpha value is -0.530. The molecule has 0 saturated heterocycles. The Balaban J connectivity index is 2.02. The van der Waals surface area contributed by atoms with Crippen LogP contribution in [0.15, 0.2) is 4.99 Å². The molecule has 0 amide bonds. The summed E-state index contributed by atoms with van der Waals surface area (Å²) in [5.74, 6) is 1.37. The number of hydrogen-bond acceptors (Lipinski definition) is 2. The first-order valence-electron chi connectivity index (χ1n) is 8.98. The van der Waals surface area contributed by atoms with Crippen molar-refractivity contribution in [2.75, 3.05) is 6.54 Å². The van der Waals surface area contributed by atoms with Crippen molar-refractivity contribution in [3.8, 4) is 0 Å². The summed E-state index contributed by atoms with van der Waals surface area (Å²) in [6.07, 6.45) is 13.8. The molecule has 2 heteroatoms. The average molecular weight is 280 g/mol. The van der Waals surface area contributed by atoms with E-state index in [9.17, 15) is 0 Å². The molecule has 1 aliphatic rings. The van der Waals surface area contributed by atoms with Crippen molar-refractivity contribution >= 4 is 5.84 Å². The maximum atomic E-state index is 4.80. The molecule has 20 heavy (non-hydrogen) atoms. The van der Waals surface area contributed by atoms with Crippen LogP contribution in [-0.4, -0.2) is 29.4 Å². The summed E-state index contributed by atoms with van der Waals surface area (Å²) < 4.78 is 0. The van der Waals surface area contributed by atoms with E-state index in [0.717, 1.165) is 6.54 Å². The lowest BCUT2D eigenvalue weighted by Gasteiger charge is -2.25. The lowest BCUT2D eigenvalue weighted by Crippen LogP contribution is -2.35. The van der Waals surface area contributed by atoms with Crippen LogP contribution in [0.25, 0.3) is 0 Å². The van der Waals surface area contributed by atoms with E-state index in [1.165, 1.54) is 70.0 Å². The van der Waals surface area contributed by atoms with Crippen LogP contribution in [0, 0.1) is 0 Å². The Labute approximate surface area is 127 Å². The zero-order valence-electron chi connectivity index (χ0n) is 14.3. The first kappa shape index (κ1) is 17.5. The number of aliphatic imine (C=N–C) groups is 1. The van der Waals surface area contributed by atoms with E-state index >= 15 is 0 Å². The van der Waals surface area contributed by atoms with Crippen molar-refractivity contribution in [1.29, 1.82) is 0 Å². The smallest absolute Gasteiger partial charge is 0.0996 e. The molecule has 0 saturated carbocycles. The number of nitrogens with zero attached hydrogens (tertiary/aromatic N) is 2. The largest absolute Gasteiger partial charge is 0.356 e. The van der Waals surface area contributed by atoms with Gasteiger partial charge in [0, 0.05) is 19.0 Å². The highest BCUT2D eigenvalue weighted by atomic mass is 15.3. The molecular weight excluding hydrogens is 244 g/mol. The normalized spacial score (nSPS) is 18.9. The van der Waals surface area contributed by atoms with Crippen molar-refractivity contribution in [1.82, 2.24) is 4.90 Å². The van der Waals surface area contributed by atoms with Crippen molar-refractivity contribution in [2.45, 2.75) is 104 Å². The van der Waals surface area contributed by atoms with Crippen molar-refractivity contribution in [3.63, 3.8) is 0 Å². The Kier molecular flexibility index (Phi) is 8.97. The van der Waals surface area contributed by atoms with Gasteiger partial charge in [0.2, 0.25) is 0 Å². The third-order valence-corrected chi connectivity index (χ3v) is 4.29. The average Bonchev–Trinajstić information content (AvgIpc) is 2.78. The van der Waals surface area contributed by atoms with Gasteiger partial charge in [0.15, 0.2) is 0 Å². The van der Waals surface area contributed by atoms with Crippen LogP contribution in [-0.2, 0) is 0 Å². The molecule has 0 aromatic carbocycles. The molecule has 1 atom stereocenters. The second-order valence-electron chi connectivity index (χ2n) is 6.72. The highest BCUT2D eigenvalue weighted by molar-refractivity contribution is 5.84. The first-order chi connectivity index (χ1) is 9.65. The van der Waals surface area contributed by atoms with E-state index in [4.69, 9.17) is 4.99 Å². The van der Waals surface area contributed by atoms with Gasteiger partial charge in [0.25, 0.3) is 0 Å². The number of amidine groups is 1. The minimum Gasteiger partial charge on any atom is -0.356 e. The van der Waals surface area contributed by atoms with Crippen LogP contribution in [0.3, 0.4) is 0 Å². The number of hydrogen-bond donors (Lipinski definition) is 0. The third-order valence-electron chi connectivity index (χ3n) is 4.29. The van der Waals surface area contributed by atoms with Gasteiger partial charge in [-0.1, -0.05) is 58.3 Å². The van der Waals surface area contributed by atoms with Crippen LogP contribution >= 0.6 is 0 Å². The molecule has 2 nitrogen and oxygen atoms in total. The van der Waals surface area contributed by atoms with E-state index in [0.29, 0.717) is 12.1 Å². The summed E-state index contributed by atoms with van der Waals surface area (Å²) in [6, 6.07) is 1.11. The highest BCUT2D eigenvalue weighted by Gasteiger charge is 2.23. The molecule has 118 valence electrons. The molecule has 0 aromatic heterocycles. The van der Waals surface area contributed by atoms with Gasteiger partial charge in [-0.2, -0.15) is 0 Å². The Morgan fingerprint density at radius 2 is 1.55 bits per heavy atom. The zero-order chi connectivity index (χ0) is 14.8. The second-order valence-corrected chi connectivity index (χ2v) is 6.72. The summed E-state index contributed by atoms with van der Waals surface area (Å²) in [4.78, 5) is 7.30. The lowest BCUT2D eigenvalue weighted by atomic mass is 10.1. The number of unbranched alkanes of at least 4 members (excludes halogenated alkanes) is 8. The number of rotatable bonds is 11. The summed E-state index contributed by atoms with van der Waals surface area (Å²) in [6.45, 7) is 10.2. The predicted octanol–water partition coefficient (Wildman–Crippen LogP) is 5.42. The van der Waals surface area contributed by atoms with Gasteiger partial charge < -0.3 is 4.90 Å². The predicted molar refractivity (Wildman–Crippen MR) is 90.6 cm³/mol. The molecule has 0 radical (unpaired) electrons.